The Balaban J connectivity index is 0.00000316. The van der Waals surface area contributed by atoms with Crippen LogP contribution in [0.25, 0.3) is 22.2 Å². The van der Waals surface area contributed by atoms with Crippen molar-refractivity contribution >= 4 is 28.6 Å². The molecule has 1 saturated heterocycles. The fourth-order valence-corrected chi connectivity index (χ4v) is 6.14. The predicted molar refractivity (Wildman–Crippen MR) is 148 cm³/mol. The van der Waals surface area contributed by atoms with Gasteiger partial charge in [-0.15, -0.1) is 0 Å². The van der Waals surface area contributed by atoms with Crippen molar-refractivity contribution in [3.05, 3.63) is 77.6 Å². The molecule has 2 fully saturated rings. The molecule has 0 bridgehead atoms. The second-order valence-electron chi connectivity index (χ2n) is 11.2. The second kappa shape index (κ2) is 10.9. The number of ketones is 1. The van der Waals surface area contributed by atoms with Crippen molar-refractivity contribution in [2.45, 2.75) is 43.7 Å². The number of methoxy groups -OCH3 is 1. The zero-order valence-corrected chi connectivity index (χ0v) is 25.6. The molecule has 4 aromatic rings. The number of aromatic carboxylic acids is 1. The van der Waals surface area contributed by atoms with Crippen LogP contribution in [0.15, 0.2) is 60.9 Å². The van der Waals surface area contributed by atoms with E-state index in [0.29, 0.717) is 65.9 Å². The fourth-order valence-electron chi connectivity index (χ4n) is 6.14. The number of carbonyl (C=O) groups is 3. The SMILES string of the molecule is COc1cc(C(=O)N2CCC3(CC2)CC(=O)c2cc(-c4cc(C(=O)[O-])ccn4)ccc2O3)cc2c1ccn2C1CC1.[Na+]. The Morgan fingerprint density at radius 3 is 2.55 bits per heavy atom. The predicted octanol–water partition coefficient (Wildman–Crippen LogP) is 1.05. The largest absolute Gasteiger partial charge is 1.00 e. The van der Waals surface area contributed by atoms with Crippen molar-refractivity contribution in [2.24, 2.45) is 0 Å². The van der Waals surface area contributed by atoms with Crippen LogP contribution < -0.4 is 44.1 Å². The van der Waals surface area contributed by atoms with Crippen molar-refractivity contribution in [2.75, 3.05) is 20.2 Å². The van der Waals surface area contributed by atoms with Crippen molar-refractivity contribution in [1.29, 1.82) is 0 Å². The van der Waals surface area contributed by atoms with Crippen molar-refractivity contribution in [3.8, 4) is 22.8 Å². The number of carbonyl (C=O) groups excluding carboxylic acids is 3. The third-order valence-corrected chi connectivity index (χ3v) is 8.55. The van der Waals surface area contributed by atoms with E-state index in [2.05, 4.69) is 15.7 Å². The number of fused-ring (bicyclic) bond motifs is 2. The number of Topliss-reactive ketones (excluding diaryl/α,β-unsaturated/α-hetero) is 1. The maximum atomic E-state index is 13.6. The minimum Gasteiger partial charge on any atom is -0.545 e. The van der Waals surface area contributed by atoms with Gasteiger partial charge in [-0.2, -0.15) is 0 Å². The van der Waals surface area contributed by atoms with Gasteiger partial charge in [0.1, 0.15) is 17.1 Å². The van der Waals surface area contributed by atoms with Crippen LogP contribution in [0.3, 0.4) is 0 Å². The van der Waals surface area contributed by atoms with Gasteiger partial charge in [0, 0.05) is 66.4 Å². The minimum absolute atomic E-state index is 0. The van der Waals surface area contributed by atoms with Crippen LogP contribution in [0.1, 0.15) is 69.2 Å². The number of likely N-dealkylation sites (tertiary alicyclic amines) is 1. The Morgan fingerprint density at radius 2 is 1.83 bits per heavy atom. The summed E-state index contributed by atoms with van der Waals surface area (Å²) in [6.45, 7) is 0.951. The van der Waals surface area contributed by atoms with E-state index in [-0.39, 0.29) is 53.2 Å². The molecule has 7 rings (SSSR count). The first-order valence-corrected chi connectivity index (χ1v) is 13.9. The molecule has 3 aliphatic rings. The number of ether oxygens (including phenoxy) is 2. The van der Waals surface area contributed by atoms with Crippen molar-refractivity contribution in [1.82, 2.24) is 14.5 Å². The van der Waals surface area contributed by atoms with Crippen molar-refractivity contribution < 1.29 is 58.5 Å². The maximum Gasteiger partial charge on any atom is 1.00 e. The van der Waals surface area contributed by atoms with E-state index < -0.39 is 11.6 Å². The van der Waals surface area contributed by atoms with Gasteiger partial charge in [-0.1, -0.05) is 0 Å². The smallest absolute Gasteiger partial charge is 0.545 e. The Hall–Kier alpha value is -3.66. The number of benzene rings is 2. The number of pyridine rings is 1. The molecule has 0 N–H and O–H groups in total. The Bertz CT molecular complexity index is 1740. The molecule has 0 unspecified atom stereocenters. The molecular weight excluding hydrogens is 545 g/mol. The Morgan fingerprint density at radius 1 is 1.05 bits per heavy atom. The van der Waals surface area contributed by atoms with Gasteiger partial charge >= 0.3 is 29.6 Å². The van der Waals surface area contributed by atoms with E-state index in [0.717, 1.165) is 23.7 Å². The zero-order chi connectivity index (χ0) is 28.3. The van der Waals surface area contributed by atoms with Crippen LogP contribution in [-0.4, -0.2) is 57.9 Å². The van der Waals surface area contributed by atoms with Gasteiger partial charge in [0.15, 0.2) is 5.78 Å². The molecule has 1 saturated carbocycles. The summed E-state index contributed by atoms with van der Waals surface area (Å²) < 4.78 is 14.3. The summed E-state index contributed by atoms with van der Waals surface area (Å²) in [6.07, 6.45) is 7.07. The summed E-state index contributed by atoms with van der Waals surface area (Å²) in [7, 11) is 1.63. The van der Waals surface area contributed by atoms with Crippen LogP contribution in [0, 0.1) is 0 Å². The van der Waals surface area contributed by atoms with Crippen LogP contribution in [-0.2, 0) is 0 Å². The van der Waals surface area contributed by atoms with Crippen LogP contribution in [0.4, 0.5) is 0 Å². The number of carboxylic acids is 1. The number of carboxylic acid groups (broad SMARTS) is 1. The molecule has 42 heavy (non-hydrogen) atoms. The van der Waals surface area contributed by atoms with E-state index in [1.807, 2.05) is 23.1 Å². The quantitative estimate of drug-likeness (QED) is 0.328. The van der Waals surface area contributed by atoms with Crippen LogP contribution in [0.5, 0.6) is 11.5 Å². The molecule has 2 aromatic heterocycles. The molecule has 0 radical (unpaired) electrons. The van der Waals surface area contributed by atoms with E-state index in [1.165, 1.54) is 18.3 Å². The van der Waals surface area contributed by atoms with Gasteiger partial charge in [0.25, 0.3) is 5.91 Å². The third-order valence-electron chi connectivity index (χ3n) is 8.55. The third kappa shape index (κ3) is 4.99. The summed E-state index contributed by atoms with van der Waals surface area (Å²) in [4.78, 5) is 44.3. The van der Waals surface area contributed by atoms with E-state index in [4.69, 9.17) is 9.47 Å². The maximum absolute atomic E-state index is 13.6. The van der Waals surface area contributed by atoms with E-state index in [1.54, 1.807) is 25.3 Å². The first-order chi connectivity index (χ1) is 19.8. The molecule has 0 atom stereocenters. The van der Waals surface area contributed by atoms with E-state index >= 15 is 0 Å². The topological polar surface area (TPSA) is 114 Å². The van der Waals surface area contributed by atoms with E-state index in [9.17, 15) is 19.5 Å². The number of hydrogen-bond acceptors (Lipinski definition) is 7. The monoisotopic (exact) mass is 573 g/mol. The Kier molecular flexibility index (Phi) is 7.37. The summed E-state index contributed by atoms with van der Waals surface area (Å²) >= 11 is 0. The molecule has 1 amide bonds. The molecule has 208 valence electrons. The minimum atomic E-state index is -1.29. The fraction of sp³-hybridized carbons (Fsp3) is 0.312. The van der Waals surface area contributed by atoms with Gasteiger partial charge in [-0.3, -0.25) is 14.6 Å². The molecular formula is C32H28N3NaO6. The number of rotatable bonds is 5. The number of hydrogen-bond donors (Lipinski definition) is 0. The average Bonchev–Trinajstić information content (AvgIpc) is 3.74. The number of aromatic nitrogens is 2. The normalized spacial score (nSPS) is 17.4. The molecule has 2 aliphatic heterocycles. The molecule has 1 aliphatic carbocycles. The molecule has 1 spiro atoms. The summed E-state index contributed by atoms with van der Waals surface area (Å²) in [5, 5.41) is 12.3. The first kappa shape index (κ1) is 28.5. The van der Waals surface area contributed by atoms with Gasteiger partial charge in [0.05, 0.1) is 36.3 Å². The summed E-state index contributed by atoms with van der Waals surface area (Å²) in [5.74, 6) is -0.193. The molecule has 9 nitrogen and oxygen atoms in total. The molecule has 10 heteroatoms. The summed E-state index contributed by atoms with van der Waals surface area (Å²) in [5.41, 5.74) is 2.48. The number of amides is 1. The zero-order valence-electron chi connectivity index (χ0n) is 23.6. The van der Waals surface area contributed by atoms with Gasteiger partial charge in [-0.05, 0) is 61.4 Å². The summed E-state index contributed by atoms with van der Waals surface area (Å²) in [6, 6.07) is 14.3. The number of piperidine rings is 1. The van der Waals surface area contributed by atoms with Gasteiger partial charge < -0.3 is 28.8 Å². The van der Waals surface area contributed by atoms with Gasteiger partial charge in [0.2, 0.25) is 0 Å². The first-order valence-electron chi connectivity index (χ1n) is 13.9. The van der Waals surface area contributed by atoms with Gasteiger partial charge in [-0.25, -0.2) is 0 Å². The molecule has 2 aromatic carbocycles. The second-order valence-corrected chi connectivity index (χ2v) is 11.2. The van der Waals surface area contributed by atoms with Crippen molar-refractivity contribution in [3.63, 3.8) is 0 Å². The van der Waals surface area contributed by atoms with Crippen LogP contribution >= 0.6 is 0 Å². The Labute approximate surface area is 264 Å². The molecule has 4 heterocycles. The standard InChI is InChI=1S/C32H29N3O6.Na/c1-40-29-17-21(16-26-23(29)7-11-35(26)22-3-4-22)30(37)34-12-8-32(9-13-34)18-27(36)24-14-19(2-5-28(24)41-32)25-15-20(31(38)39)6-10-33-25;/h2,5-7,10-11,14-17,22H,3-4,8-9,12-13,18H2,1H3,(H,38,39);/q;+1/p-1. The number of nitrogens with zero attached hydrogens (tertiary/aromatic N) is 3. The average molecular weight is 574 g/mol. The van der Waals surface area contributed by atoms with Crippen LogP contribution in [0.2, 0.25) is 0 Å².